The molecule has 0 radical (unpaired) electrons. The SMILES string of the molecule is CCOC(=O)C(CC#N)(C(=O)OC)C(c1cccc(Br)c1)c1nccc(-c2ccccc2)c1C#N. The molecular formula is C27H22BrN3O4. The summed E-state index contributed by atoms with van der Waals surface area (Å²) in [6.45, 7) is 1.59. The van der Waals surface area contributed by atoms with Gasteiger partial charge in [-0.15, -0.1) is 0 Å². The average Bonchev–Trinajstić information content (AvgIpc) is 2.88. The first-order chi connectivity index (χ1) is 16.9. The minimum Gasteiger partial charge on any atom is -0.468 e. The van der Waals surface area contributed by atoms with E-state index in [1.807, 2.05) is 36.4 Å². The van der Waals surface area contributed by atoms with Gasteiger partial charge in [0.2, 0.25) is 0 Å². The molecule has 0 amide bonds. The molecule has 2 unspecified atom stereocenters. The molecule has 0 aliphatic heterocycles. The molecule has 2 aromatic carbocycles. The molecule has 3 rings (SSSR count). The van der Waals surface area contributed by atoms with Gasteiger partial charge in [-0.05, 0) is 36.2 Å². The quantitative estimate of drug-likeness (QED) is 0.291. The van der Waals surface area contributed by atoms with Crippen molar-refractivity contribution in [1.29, 1.82) is 10.5 Å². The van der Waals surface area contributed by atoms with Crippen LogP contribution < -0.4 is 0 Å². The standard InChI is InChI=1S/C27H22BrN3O4/c1-3-35-26(33)27(13-14-29,25(32)34-2)23(19-10-7-11-20(28)16-19)24-22(17-30)21(12-15-31-24)18-8-5-4-6-9-18/h4-12,15-16,23H,3,13H2,1-2H3. The van der Waals surface area contributed by atoms with Gasteiger partial charge in [0, 0.05) is 16.2 Å². The zero-order chi connectivity index (χ0) is 25.4. The maximum atomic E-state index is 13.5. The van der Waals surface area contributed by atoms with E-state index in [1.54, 1.807) is 37.3 Å². The number of halogens is 1. The van der Waals surface area contributed by atoms with Gasteiger partial charge in [-0.1, -0.05) is 58.4 Å². The first-order valence-electron chi connectivity index (χ1n) is 10.8. The molecule has 1 aromatic heterocycles. The van der Waals surface area contributed by atoms with Gasteiger partial charge in [0.05, 0.1) is 43.4 Å². The second-order valence-corrected chi connectivity index (χ2v) is 8.52. The molecule has 35 heavy (non-hydrogen) atoms. The molecule has 0 N–H and O–H groups in total. The highest BCUT2D eigenvalue weighted by molar-refractivity contribution is 9.10. The molecule has 0 aliphatic rings. The third-order valence-corrected chi connectivity index (χ3v) is 6.17. The molecule has 2 atom stereocenters. The van der Waals surface area contributed by atoms with E-state index >= 15 is 0 Å². The van der Waals surface area contributed by atoms with Crippen molar-refractivity contribution >= 4 is 27.9 Å². The monoisotopic (exact) mass is 531 g/mol. The van der Waals surface area contributed by atoms with Crippen LogP contribution in [0.5, 0.6) is 0 Å². The highest BCUT2D eigenvalue weighted by Crippen LogP contribution is 2.47. The van der Waals surface area contributed by atoms with E-state index in [9.17, 15) is 20.1 Å². The summed E-state index contributed by atoms with van der Waals surface area (Å²) in [5, 5.41) is 20.0. The van der Waals surface area contributed by atoms with Crippen LogP contribution in [0.15, 0.2) is 71.3 Å². The number of benzene rings is 2. The number of nitriles is 2. The maximum Gasteiger partial charge on any atom is 0.325 e. The number of hydrogen-bond donors (Lipinski definition) is 0. The lowest BCUT2D eigenvalue weighted by atomic mass is 9.67. The van der Waals surface area contributed by atoms with E-state index < -0.39 is 29.7 Å². The molecule has 8 heteroatoms. The van der Waals surface area contributed by atoms with E-state index in [0.29, 0.717) is 15.6 Å². The Bertz CT molecular complexity index is 1310. The Morgan fingerprint density at radius 2 is 1.83 bits per heavy atom. The van der Waals surface area contributed by atoms with Crippen LogP contribution in [0, 0.1) is 28.1 Å². The molecule has 7 nitrogen and oxygen atoms in total. The predicted octanol–water partition coefficient (Wildman–Crippen LogP) is 5.15. The fourth-order valence-corrected chi connectivity index (χ4v) is 4.58. The molecular weight excluding hydrogens is 510 g/mol. The lowest BCUT2D eigenvalue weighted by molar-refractivity contribution is -0.171. The van der Waals surface area contributed by atoms with Crippen LogP contribution in [0.3, 0.4) is 0 Å². The van der Waals surface area contributed by atoms with Crippen LogP contribution in [0.4, 0.5) is 0 Å². The Morgan fingerprint density at radius 3 is 2.43 bits per heavy atom. The number of carbonyl (C=O) groups is 2. The topological polar surface area (TPSA) is 113 Å². The van der Waals surface area contributed by atoms with Crippen LogP contribution in [0.2, 0.25) is 0 Å². The maximum absolute atomic E-state index is 13.5. The van der Waals surface area contributed by atoms with Crippen molar-refractivity contribution in [3.8, 4) is 23.3 Å². The molecule has 0 aliphatic carbocycles. The number of hydrogen-bond acceptors (Lipinski definition) is 7. The van der Waals surface area contributed by atoms with Gasteiger partial charge in [0.15, 0.2) is 5.41 Å². The summed E-state index contributed by atoms with van der Waals surface area (Å²) in [6.07, 6.45) is 0.973. The molecule has 0 saturated heterocycles. The van der Waals surface area contributed by atoms with Crippen molar-refractivity contribution in [2.75, 3.05) is 13.7 Å². The minimum atomic E-state index is -2.10. The van der Waals surface area contributed by atoms with Crippen molar-refractivity contribution in [3.63, 3.8) is 0 Å². The summed E-state index contributed by atoms with van der Waals surface area (Å²) in [4.78, 5) is 31.3. The number of nitrogens with zero attached hydrogens (tertiary/aromatic N) is 3. The number of methoxy groups -OCH3 is 1. The van der Waals surface area contributed by atoms with Crippen LogP contribution in [0.1, 0.15) is 36.1 Å². The highest BCUT2D eigenvalue weighted by atomic mass is 79.9. The summed E-state index contributed by atoms with van der Waals surface area (Å²) < 4.78 is 11.1. The number of rotatable bonds is 8. The lowest BCUT2D eigenvalue weighted by Gasteiger charge is -2.35. The lowest BCUT2D eigenvalue weighted by Crippen LogP contribution is -2.47. The number of carbonyl (C=O) groups excluding carboxylic acids is 2. The molecule has 176 valence electrons. The number of esters is 2. The first-order valence-corrected chi connectivity index (χ1v) is 11.6. The summed E-state index contributed by atoms with van der Waals surface area (Å²) in [5.41, 5.74) is 0.0781. The van der Waals surface area contributed by atoms with Crippen LogP contribution in [-0.4, -0.2) is 30.6 Å². The van der Waals surface area contributed by atoms with Gasteiger partial charge in [-0.3, -0.25) is 14.6 Å². The average molecular weight is 532 g/mol. The summed E-state index contributed by atoms with van der Waals surface area (Å²) in [5.74, 6) is -3.02. The summed E-state index contributed by atoms with van der Waals surface area (Å²) >= 11 is 3.43. The Morgan fingerprint density at radius 1 is 1.09 bits per heavy atom. The Kier molecular flexibility index (Phi) is 8.35. The van der Waals surface area contributed by atoms with Crippen molar-refractivity contribution in [2.24, 2.45) is 5.41 Å². The molecule has 0 bridgehead atoms. The second kappa shape index (κ2) is 11.4. The van der Waals surface area contributed by atoms with Crippen LogP contribution in [0.25, 0.3) is 11.1 Å². The van der Waals surface area contributed by atoms with E-state index in [0.717, 1.165) is 12.7 Å². The Labute approximate surface area is 212 Å². The zero-order valence-corrected chi connectivity index (χ0v) is 20.8. The third kappa shape index (κ3) is 4.94. The first kappa shape index (κ1) is 25.6. The number of pyridine rings is 1. The van der Waals surface area contributed by atoms with Gasteiger partial charge in [-0.2, -0.15) is 10.5 Å². The van der Waals surface area contributed by atoms with Crippen molar-refractivity contribution in [1.82, 2.24) is 4.98 Å². The molecule has 1 heterocycles. The second-order valence-electron chi connectivity index (χ2n) is 7.60. The van der Waals surface area contributed by atoms with Gasteiger partial charge < -0.3 is 9.47 Å². The van der Waals surface area contributed by atoms with Crippen molar-refractivity contribution < 1.29 is 19.1 Å². The van der Waals surface area contributed by atoms with Gasteiger partial charge in [-0.25, -0.2) is 0 Å². The minimum absolute atomic E-state index is 0.0171. The molecule has 0 spiro atoms. The van der Waals surface area contributed by atoms with E-state index in [2.05, 4.69) is 27.0 Å². The Balaban J connectivity index is 2.45. The predicted molar refractivity (Wildman–Crippen MR) is 132 cm³/mol. The molecule has 0 saturated carbocycles. The van der Waals surface area contributed by atoms with E-state index in [1.165, 1.54) is 6.20 Å². The van der Waals surface area contributed by atoms with Gasteiger partial charge in [0.25, 0.3) is 0 Å². The Hall–Kier alpha value is -4.01. The third-order valence-electron chi connectivity index (χ3n) is 5.67. The van der Waals surface area contributed by atoms with Gasteiger partial charge in [0.1, 0.15) is 6.07 Å². The van der Waals surface area contributed by atoms with Gasteiger partial charge >= 0.3 is 11.9 Å². The molecule has 3 aromatic rings. The normalized spacial score (nSPS) is 12.9. The largest absolute Gasteiger partial charge is 0.468 e. The van der Waals surface area contributed by atoms with E-state index in [-0.39, 0.29) is 17.9 Å². The summed E-state index contributed by atoms with van der Waals surface area (Å²) in [6, 6.07) is 22.1. The van der Waals surface area contributed by atoms with E-state index in [4.69, 9.17) is 9.47 Å². The fraction of sp³-hybridized carbons (Fsp3) is 0.222. The molecule has 0 fully saturated rings. The number of ether oxygens (including phenoxy) is 2. The zero-order valence-electron chi connectivity index (χ0n) is 19.2. The van der Waals surface area contributed by atoms with Crippen LogP contribution >= 0.6 is 15.9 Å². The van der Waals surface area contributed by atoms with Crippen molar-refractivity contribution in [3.05, 3.63) is 88.2 Å². The number of aromatic nitrogens is 1. The fourth-order valence-electron chi connectivity index (χ4n) is 4.17. The highest BCUT2D eigenvalue weighted by Gasteiger charge is 2.57. The van der Waals surface area contributed by atoms with Crippen molar-refractivity contribution in [2.45, 2.75) is 19.3 Å². The smallest absolute Gasteiger partial charge is 0.325 e. The van der Waals surface area contributed by atoms with Crippen LogP contribution in [-0.2, 0) is 19.1 Å². The summed E-state index contributed by atoms with van der Waals surface area (Å²) in [7, 11) is 1.14.